The fourth-order valence-electron chi connectivity index (χ4n) is 2.52. The number of aromatic nitrogens is 1. The molecule has 0 saturated carbocycles. The van der Waals surface area contributed by atoms with Gasteiger partial charge in [-0.1, -0.05) is 22.9 Å². The fraction of sp³-hybridized carbons (Fsp3) is 0.400. The first kappa shape index (κ1) is 17.2. The Kier molecular flexibility index (Phi) is 5.37. The van der Waals surface area contributed by atoms with Crippen LogP contribution >= 0.6 is 34.3 Å². The number of ether oxygens (including phenoxy) is 1. The summed E-state index contributed by atoms with van der Waals surface area (Å²) in [4.78, 5) is 30.4. The molecule has 1 fully saturated rings. The van der Waals surface area contributed by atoms with Gasteiger partial charge in [0.15, 0.2) is 15.2 Å². The van der Waals surface area contributed by atoms with Crippen molar-refractivity contribution in [2.75, 3.05) is 25.1 Å². The molecule has 3 rings (SSSR count). The molecule has 1 N–H and O–H groups in total. The van der Waals surface area contributed by atoms with Crippen LogP contribution in [0.15, 0.2) is 16.8 Å². The molecule has 3 heterocycles. The maximum absolute atomic E-state index is 12.1. The van der Waals surface area contributed by atoms with Gasteiger partial charge in [0.05, 0.1) is 7.11 Å². The zero-order valence-corrected chi connectivity index (χ0v) is 15.3. The topological polar surface area (TPSA) is 71.5 Å². The zero-order chi connectivity index (χ0) is 17.1. The smallest absolute Gasteiger partial charge is 0.351 e. The lowest BCUT2D eigenvalue weighted by Gasteiger charge is -2.32. The van der Waals surface area contributed by atoms with E-state index in [2.05, 4.69) is 15.2 Å². The molecule has 1 aliphatic heterocycles. The van der Waals surface area contributed by atoms with E-state index >= 15 is 0 Å². The Morgan fingerprint density at radius 3 is 2.79 bits per heavy atom. The second-order valence-electron chi connectivity index (χ2n) is 5.35. The summed E-state index contributed by atoms with van der Waals surface area (Å²) >= 11 is 8.75. The summed E-state index contributed by atoms with van der Waals surface area (Å²) in [5.41, 5.74) is 0.705. The van der Waals surface area contributed by atoms with Crippen molar-refractivity contribution in [1.29, 1.82) is 0 Å². The van der Waals surface area contributed by atoms with Crippen molar-refractivity contribution in [3.8, 4) is 0 Å². The van der Waals surface area contributed by atoms with E-state index in [0.29, 0.717) is 15.6 Å². The normalized spacial score (nSPS) is 15.3. The maximum atomic E-state index is 12.1. The molecule has 0 aliphatic carbocycles. The molecule has 0 atom stereocenters. The molecule has 1 saturated heterocycles. The number of piperidine rings is 1. The predicted octanol–water partition coefficient (Wildman–Crippen LogP) is 3.04. The Labute approximate surface area is 152 Å². The minimum atomic E-state index is -0.471. The fourth-order valence-corrected chi connectivity index (χ4v) is 4.41. The van der Waals surface area contributed by atoms with E-state index in [0.717, 1.165) is 25.9 Å². The van der Waals surface area contributed by atoms with Gasteiger partial charge in [0.25, 0.3) is 5.91 Å². The van der Waals surface area contributed by atoms with Gasteiger partial charge in [-0.3, -0.25) is 4.79 Å². The van der Waals surface area contributed by atoms with Crippen LogP contribution in [0.2, 0.25) is 5.15 Å². The van der Waals surface area contributed by atoms with Gasteiger partial charge in [0.2, 0.25) is 0 Å². The van der Waals surface area contributed by atoms with Gasteiger partial charge >= 0.3 is 5.97 Å². The highest BCUT2D eigenvalue weighted by Crippen LogP contribution is 2.31. The average Bonchev–Trinajstić information content (AvgIpc) is 3.24. The number of rotatable bonds is 4. The Morgan fingerprint density at radius 1 is 1.42 bits per heavy atom. The third kappa shape index (κ3) is 3.71. The molecule has 2 aromatic rings. The molecule has 6 nitrogen and oxygen atoms in total. The second-order valence-corrected chi connectivity index (χ2v) is 7.47. The quantitative estimate of drug-likeness (QED) is 0.819. The first-order chi connectivity index (χ1) is 11.6. The van der Waals surface area contributed by atoms with Crippen LogP contribution in [-0.2, 0) is 4.74 Å². The number of amides is 1. The van der Waals surface area contributed by atoms with Crippen molar-refractivity contribution in [2.45, 2.75) is 18.9 Å². The highest BCUT2D eigenvalue weighted by Gasteiger charge is 2.25. The number of thiazole rings is 1. The zero-order valence-electron chi connectivity index (χ0n) is 13.0. The standard InChI is InChI=1S/C15H16ClN3O3S2/c1-22-14(21)11-12(16)18-15(24-11)19-5-2-10(3-6-19)17-13(20)9-4-7-23-8-9/h4,7-8,10H,2-3,5-6H2,1H3,(H,17,20). The van der Waals surface area contributed by atoms with E-state index in [1.54, 1.807) is 0 Å². The first-order valence-electron chi connectivity index (χ1n) is 7.41. The summed E-state index contributed by atoms with van der Waals surface area (Å²) in [6.07, 6.45) is 1.64. The lowest BCUT2D eigenvalue weighted by molar-refractivity contribution is 0.0606. The molecule has 1 amide bonds. The second kappa shape index (κ2) is 7.50. The molecule has 128 valence electrons. The SMILES string of the molecule is COC(=O)c1sc(N2CCC(NC(=O)c3ccsc3)CC2)nc1Cl. The van der Waals surface area contributed by atoms with Gasteiger partial charge in [-0.25, -0.2) is 9.78 Å². The molecule has 0 unspecified atom stereocenters. The van der Waals surface area contributed by atoms with E-state index in [1.807, 2.05) is 16.8 Å². The van der Waals surface area contributed by atoms with E-state index in [1.165, 1.54) is 29.8 Å². The monoisotopic (exact) mass is 385 g/mol. The van der Waals surface area contributed by atoms with Gasteiger partial charge in [-0.2, -0.15) is 11.3 Å². The number of nitrogens with zero attached hydrogens (tertiary/aromatic N) is 2. The molecule has 1 aliphatic rings. The summed E-state index contributed by atoms with van der Waals surface area (Å²) in [6.45, 7) is 1.50. The Morgan fingerprint density at radius 2 is 2.17 bits per heavy atom. The Hall–Kier alpha value is -1.64. The molecule has 0 bridgehead atoms. The van der Waals surface area contributed by atoms with E-state index in [9.17, 15) is 9.59 Å². The molecular weight excluding hydrogens is 370 g/mol. The van der Waals surface area contributed by atoms with Gasteiger partial charge in [0.1, 0.15) is 0 Å². The summed E-state index contributed by atoms with van der Waals surface area (Å²) < 4.78 is 4.70. The molecule has 9 heteroatoms. The molecule has 0 aromatic carbocycles. The number of anilines is 1. The molecule has 2 aromatic heterocycles. The number of hydrogen-bond acceptors (Lipinski definition) is 7. The molecule has 24 heavy (non-hydrogen) atoms. The van der Waals surface area contributed by atoms with Crippen molar-refractivity contribution >= 4 is 51.3 Å². The Balaban J connectivity index is 1.57. The number of carbonyl (C=O) groups is 2. The average molecular weight is 386 g/mol. The van der Waals surface area contributed by atoms with Crippen LogP contribution in [0, 0.1) is 0 Å². The third-order valence-corrected chi connectivity index (χ3v) is 5.99. The van der Waals surface area contributed by atoms with Crippen LogP contribution in [0.3, 0.4) is 0 Å². The number of hydrogen-bond donors (Lipinski definition) is 1. The van der Waals surface area contributed by atoms with Crippen molar-refractivity contribution in [1.82, 2.24) is 10.3 Å². The first-order valence-corrected chi connectivity index (χ1v) is 9.55. The third-order valence-electron chi connectivity index (χ3n) is 3.83. The summed E-state index contributed by atoms with van der Waals surface area (Å²) in [7, 11) is 1.32. The van der Waals surface area contributed by atoms with E-state index in [4.69, 9.17) is 16.3 Å². The molecule has 0 spiro atoms. The van der Waals surface area contributed by atoms with Gasteiger partial charge in [-0.15, -0.1) is 0 Å². The lowest BCUT2D eigenvalue weighted by atomic mass is 10.1. The van der Waals surface area contributed by atoms with Crippen molar-refractivity contribution in [3.05, 3.63) is 32.4 Å². The maximum Gasteiger partial charge on any atom is 0.351 e. The summed E-state index contributed by atoms with van der Waals surface area (Å²) in [5, 5.41) is 7.68. The number of methoxy groups -OCH3 is 1. The number of nitrogens with one attached hydrogen (secondary N) is 1. The summed E-state index contributed by atoms with van der Waals surface area (Å²) in [5.74, 6) is -0.498. The number of thiophene rings is 1. The van der Waals surface area contributed by atoms with Gasteiger partial charge < -0.3 is 15.0 Å². The van der Waals surface area contributed by atoms with Crippen LogP contribution in [0.25, 0.3) is 0 Å². The predicted molar refractivity (Wildman–Crippen MR) is 95.5 cm³/mol. The van der Waals surface area contributed by atoms with Gasteiger partial charge in [0, 0.05) is 30.1 Å². The minimum absolute atomic E-state index is 0.0278. The van der Waals surface area contributed by atoms with Gasteiger partial charge in [-0.05, 0) is 24.3 Å². The van der Waals surface area contributed by atoms with Crippen LogP contribution in [-0.4, -0.2) is 43.1 Å². The highest BCUT2D eigenvalue weighted by molar-refractivity contribution is 7.18. The minimum Gasteiger partial charge on any atom is -0.465 e. The van der Waals surface area contributed by atoms with Crippen molar-refractivity contribution < 1.29 is 14.3 Å². The van der Waals surface area contributed by atoms with Crippen LogP contribution in [0.1, 0.15) is 32.9 Å². The Bertz CT molecular complexity index is 724. The molecular formula is C15H16ClN3O3S2. The van der Waals surface area contributed by atoms with Crippen LogP contribution in [0.5, 0.6) is 0 Å². The lowest BCUT2D eigenvalue weighted by Crippen LogP contribution is -2.44. The largest absolute Gasteiger partial charge is 0.465 e. The summed E-state index contributed by atoms with van der Waals surface area (Å²) in [6, 6.07) is 1.96. The molecule has 0 radical (unpaired) electrons. The highest BCUT2D eigenvalue weighted by atomic mass is 35.5. The van der Waals surface area contributed by atoms with Crippen molar-refractivity contribution in [2.24, 2.45) is 0 Å². The number of halogens is 1. The number of esters is 1. The van der Waals surface area contributed by atoms with E-state index < -0.39 is 5.97 Å². The van der Waals surface area contributed by atoms with Crippen LogP contribution in [0.4, 0.5) is 5.13 Å². The van der Waals surface area contributed by atoms with E-state index in [-0.39, 0.29) is 17.1 Å². The van der Waals surface area contributed by atoms with Crippen LogP contribution < -0.4 is 10.2 Å². The van der Waals surface area contributed by atoms with Crippen molar-refractivity contribution in [3.63, 3.8) is 0 Å². The number of carbonyl (C=O) groups excluding carboxylic acids is 2.